The van der Waals surface area contributed by atoms with E-state index in [0.29, 0.717) is 0 Å². The predicted molar refractivity (Wildman–Crippen MR) is 83.4 cm³/mol. The van der Waals surface area contributed by atoms with Crippen LogP contribution in [-0.2, 0) is 19.6 Å². The van der Waals surface area contributed by atoms with Crippen LogP contribution in [0.25, 0.3) is 0 Å². The summed E-state index contributed by atoms with van der Waals surface area (Å²) in [6.07, 6.45) is 0. The first-order chi connectivity index (χ1) is 10.2. The van der Waals surface area contributed by atoms with Gasteiger partial charge in [0.25, 0.3) is 0 Å². The van der Waals surface area contributed by atoms with Crippen molar-refractivity contribution in [1.29, 1.82) is 0 Å². The number of hydrogen-bond acceptors (Lipinski definition) is 4. The van der Waals surface area contributed by atoms with E-state index >= 15 is 0 Å². The molecule has 1 heterocycles. The summed E-state index contributed by atoms with van der Waals surface area (Å²) >= 11 is 0. The van der Waals surface area contributed by atoms with Crippen molar-refractivity contribution in [1.82, 2.24) is 4.90 Å². The molecule has 21 heavy (non-hydrogen) atoms. The zero-order valence-corrected chi connectivity index (χ0v) is 12.4. The Kier molecular flexibility index (Phi) is 3.71. The van der Waals surface area contributed by atoms with Gasteiger partial charge in [-0.3, -0.25) is 4.90 Å². The number of nitrogens with two attached hydrogens (primary N) is 1. The Morgan fingerprint density at radius 2 is 1.71 bits per heavy atom. The van der Waals surface area contributed by atoms with E-state index in [1.54, 1.807) is 14.2 Å². The maximum atomic E-state index is 5.85. The Balaban J connectivity index is 1.74. The minimum Gasteiger partial charge on any atom is -0.493 e. The number of methoxy groups -OCH3 is 2. The zero-order chi connectivity index (χ0) is 14.8. The number of hydrogen-bond donors (Lipinski definition) is 1. The van der Waals surface area contributed by atoms with Crippen molar-refractivity contribution in [2.75, 3.05) is 20.0 Å². The fraction of sp³-hybridized carbons (Fsp3) is 0.294. The zero-order valence-electron chi connectivity index (χ0n) is 12.4. The van der Waals surface area contributed by atoms with Crippen LogP contribution in [0.5, 0.6) is 11.5 Å². The van der Waals surface area contributed by atoms with Crippen molar-refractivity contribution in [3.05, 3.63) is 53.1 Å². The van der Waals surface area contributed by atoms with Gasteiger partial charge in [-0.25, -0.2) is 0 Å². The average molecular weight is 284 g/mol. The van der Waals surface area contributed by atoms with Crippen molar-refractivity contribution in [3.63, 3.8) is 0 Å². The summed E-state index contributed by atoms with van der Waals surface area (Å²) in [6.45, 7) is 2.79. The highest BCUT2D eigenvalue weighted by Gasteiger charge is 2.19. The lowest BCUT2D eigenvalue weighted by Gasteiger charge is -2.16. The summed E-state index contributed by atoms with van der Waals surface area (Å²) in [5, 5.41) is 0. The number of fused-ring (bicyclic) bond motifs is 1. The van der Waals surface area contributed by atoms with Gasteiger partial charge in [0.05, 0.1) is 14.2 Å². The van der Waals surface area contributed by atoms with Crippen LogP contribution in [0.1, 0.15) is 16.7 Å². The molecule has 2 aromatic carbocycles. The van der Waals surface area contributed by atoms with E-state index in [1.807, 2.05) is 18.2 Å². The number of nitrogens with zero attached hydrogens (tertiary/aromatic N) is 1. The highest BCUT2D eigenvalue weighted by Crippen LogP contribution is 2.30. The average Bonchev–Trinajstić information content (AvgIpc) is 2.88. The topological polar surface area (TPSA) is 47.7 Å². The first kappa shape index (κ1) is 13.8. The van der Waals surface area contributed by atoms with E-state index in [0.717, 1.165) is 36.8 Å². The molecular formula is C17H20N2O2. The highest BCUT2D eigenvalue weighted by atomic mass is 16.5. The van der Waals surface area contributed by atoms with Gasteiger partial charge < -0.3 is 15.2 Å². The molecule has 0 fully saturated rings. The summed E-state index contributed by atoms with van der Waals surface area (Å²) in [5.41, 5.74) is 10.6. The molecule has 1 aliphatic rings. The van der Waals surface area contributed by atoms with Crippen molar-refractivity contribution >= 4 is 5.69 Å². The van der Waals surface area contributed by atoms with Gasteiger partial charge in [-0.15, -0.1) is 0 Å². The number of nitrogen functional groups attached to an aromatic ring is 1. The van der Waals surface area contributed by atoms with E-state index in [1.165, 1.54) is 16.7 Å². The quantitative estimate of drug-likeness (QED) is 0.877. The molecule has 0 saturated carbocycles. The first-order valence-electron chi connectivity index (χ1n) is 7.00. The molecule has 0 amide bonds. The molecule has 0 saturated heterocycles. The predicted octanol–water partition coefficient (Wildman–Crippen LogP) is 2.80. The van der Waals surface area contributed by atoms with Crippen LogP contribution in [0.15, 0.2) is 36.4 Å². The smallest absolute Gasteiger partial charge is 0.161 e. The van der Waals surface area contributed by atoms with Crippen molar-refractivity contribution in [2.24, 2.45) is 0 Å². The Hall–Kier alpha value is -2.20. The molecule has 2 N–H and O–H groups in total. The third kappa shape index (κ3) is 2.81. The summed E-state index contributed by atoms with van der Waals surface area (Å²) in [5.74, 6) is 1.54. The second kappa shape index (κ2) is 5.66. The van der Waals surface area contributed by atoms with Gasteiger partial charge in [-0.1, -0.05) is 12.1 Å². The van der Waals surface area contributed by atoms with Gasteiger partial charge in [-0.2, -0.15) is 0 Å². The Bertz CT molecular complexity index is 655. The first-order valence-corrected chi connectivity index (χ1v) is 7.00. The molecule has 0 bridgehead atoms. The highest BCUT2D eigenvalue weighted by molar-refractivity contribution is 5.46. The third-order valence-electron chi connectivity index (χ3n) is 3.87. The van der Waals surface area contributed by atoms with Crippen LogP contribution in [0.4, 0.5) is 5.69 Å². The fourth-order valence-electron chi connectivity index (χ4n) is 2.83. The van der Waals surface area contributed by atoms with Gasteiger partial charge in [-0.05, 0) is 41.0 Å². The molecule has 110 valence electrons. The maximum absolute atomic E-state index is 5.85. The Morgan fingerprint density at radius 1 is 0.952 bits per heavy atom. The van der Waals surface area contributed by atoms with Gasteiger partial charge in [0.2, 0.25) is 0 Å². The largest absolute Gasteiger partial charge is 0.493 e. The van der Waals surface area contributed by atoms with E-state index in [2.05, 4.69) is 23.1 Å². The molecule has 4 heteroatoms. The molecule has 3 rings (SSSR count). The number of benzene rings is 2. The van der Waals surface area contributed by atoms with Crippen LogP contribution < -0.4 is 15.2 Å². The second-order valence-electron chi connectivity index (χ2n) is 5.36. The maximum Gasteiger partial charge on any atom is 0.161 e. The second-order valence-corrected chi connectivity index (χ2v) is 5.36. The van der Waals surface area contributed by atoms with Crippen LogP contribution in [-0.4, -0.2) is 19.1 Å². The van der Waals surface area contributed by atoms with E-state index in [4.69, 9.17) is 15.2 Å². The van der Waals surface area contributed by atoms with Gasteiger partial charge in [0, 0.05) is 25.3 Å². The SMILES string of the molecule is COc1ccc(CN2Cc3ccc(N)cc3C2)cc1OC. The van der Waals surface area contributed by atoms with Gasteiger partial charge in [0.1, 0.15) is 0 Å². The normalized spacial score (nSPS) is 14.0. The summed E-state index contributed by atoms with van der Waals surface area (Å²) in [4.78, 5) is 2.39. The van der Waals surface area contributed by atoms with Crippen LogP contribution in [0.3, 0.4) is 0 Å². The fourth-order valence-corrected chi connectivity index (χ4v) is 2.83. The molecule has 1 aliphatic heterocycles. The molecule has 0 radical (unpaired) electrons. The summed E-state index contributed by atoms with van der Waals surface area (Å²) in [7, 11) is 3.31. The summed E-state index contributed by atoms with van der Waals surface area (Å²) in [6, 6.07) is 12.2. The lowest BCUT2D eigenvalue weighted by Crippen LogP contribution is -2.15. The van der Waals surface area contributed by atoms with Crippen LogP contribution in [0, 0.1) is 0 Å². The molecule has 4 nitrogen and oxygen atoms in total. The van der Waals surface area contributed by atoms with Crippen molar-refractivity contribution in [3.8, 4) is 11.5 Å². The number of ether oxygens (including phenoxy) is 2. The van der Waals surface area contributed by atoms with Gasteiger partial charge in [0.15, 0.2) is 11.5 Å². The molecular weight excluding hydrogens is 264 g/mol. The summed E-state index contributed by atoms with van der Waals surface area (Å²) < 4.78 is 10.6. The Morgan fingerprint density at radius 3 is 2.48 bits per heavy atom. The minimum atomic E-state index is 0.763. The van der Waals surface area contributed by atoms with Crippen molar-refractivity contribution < 1.29 is 9.47 Å². The molecule has 0 atom stereocenters. The van der Waals surface area contributed by atoms with E-state index in [9.17, 15) is 0 Å². The molecule has 0 aliphatic carbocycles. The van der Waals surface area contributed by atoms with E-state index < -0.39 is 0 Å². The standard InChI is InChI=1S/C17H20N2O2/c1-20-16-6-3-12(7-17(16)21-2)9-19-10-13-4-5-15(18)8-14(13)11-19/h3-8H,9-11,18H2,1-2H3. The number of anilines is 1. The third-order valence-corrected chi connectivity index (χ3v) is 3.87. The number of rotatable bonds is 4. The van der Waals surface area contributed by atoms with Crippen LogP contribution >= 0.6 is 0 Å². The Labute approximate surface area is 125 Å². The van der Waals surface area contributed by atoms with Gasteiger partial charge >= 0.3 is 0 Å². The minimum absolute atomic E-state index is 0.763. The molecule has 0 spiro atoms. The van der Waals surface area contributed by atoms with E-state index in [-0.39, 0.29) is 0 Å². The lowest BCUT2D eigenvalue weighted by molar-refractivity contribution is 0.274. The molecule has 0 aromatic heterocycles. The molecule has 0 unspecified atom stereocenters. The lowest BCUT2D eigenvalue weighted by atomic mass is 10.1. The molecule has 2 aromatic rings. The van der Waals surface area contributed by atoms with Crippen molar-refractivity contribution in [2.45, 2.75) is 19.6 Å². The van der Waals surface area contributed by atoms with Crippen LogP contribution in [0.2, 0.25) is 0 Å². The monoisotopic (exact) mass is 284 g/mol.